The highest BCUT2D eigenvalue weighted by Gasteiger charge is 2.27. The molecule has 0 spiro atoms. The van der Waals surface area contributed by atoms with Crippen molar-refractivity contribution in [3.63, 3.8) is 0 Å². The molecule has 1 aromatic heterocycles. The number of hydrogen-bond acceptors (Lipinski definition) is 4. The number of fused-ring (bicyclic) bond motifs is 1. The number of pyridine rings is 1. The van der Waals surface area contributed by atoms with Crippen LogP contribution in [0, 0.1) is 5.92 Å². The van der Waals surface area contributed by atoms with Gasteiger partial charge in [0.05, 0.1) is 28.4 Å². The first kappa shape index (κ1) is 12.9. The number of hydrogen-bond donors (Lipinski definition) is 0. The van der Waals surface area contributed by atoms with Crippen LogP contribution in [-0.4, -0.2) is 11.0 Å². The normalized spacial score (nSPS) is 15.2. The van der Waals surface area contributed by atoms with Crippen LogP contribution in [0.5, 0.6) is 0 Å². The Morgan fingerprint density at radius 1 is 1.37 bits per heavy atom. The van der Waals surface area contributed by atoms with Crippen LogP contribution < -0.4 is 0 Å². The predicted molar refractivity (Wildman–Crippen MR) is 78.7 cm³/mol. The molecular formula is C14H12BrNO2S. The van der Waals surface area contributed by atoms with E-state index in [-0.39, 0.29) is 11.9 Å². The fraction of sp³-hybridized carbons (Fsp3) is 0.286. The van der Waals surface area contributed by atoms with E-state index in [1.807, 2.05) is 24.3 Å². The number of carbonyl (C=O) groups is 1. The molecule has 1 fully saturated rings. The molecule has 3 rings (SSSR count). The summed E-state index contributed by atoms with van der Waals surface area (Å²) in [6.45, 7) is 0. The molecule has 0 radical (unpaired) electrons. The molecule has 2 aromatic rings. The zero-order valence-corrected chi connectivity index (χ0v) is 12.5. The molecule has 98 valence electrons. The summed E-state index contributed by atoms with van der Waals surface area (Å²) in [5.74, 6) is 0.00747. The lowest BCUT2D eigenvalue weighted by Gasteiger charge is -2.22. The van der Waals surface area contributed by atoms with Gasteiger partial charge in [-0.25, -0.2) is 0 Å². The lowest BCUT2D eigenvalue weighted by molar-refractivity contribution is -0.140. The molecule has 1 aliphatic carbocycles. The lowest BCUT2D eigenvalue weighted by Crippen LogP contribution is -2.22. The van der Waals surface area contributed by atoms with Gasteiger partial charge >= 0.3 is 5.97 Å². The van der Waals surface area contributed by atoms with Gasteiger partial charge in [0.25, 0.3) is 0 Å². The van der Waals surface area contributed by atoms with Crippen LogP contribution in [0.2, 0.25) is 0 Å². The standard InChI is InChI=1S/C14H12BrNO2S/c15-10-4-5-11-12(8-10)16-7-6-13(11)19-18-14(17)9-2-1-3-9/h4-9H,1-3H2. The highest BCUT2D eigenvalue weighted by atomic mass is 79.9. The molecule has 0 amide bonds. The maximum atomic E-state index is 11.7. The van der Waals surface area contributed by atoms with Gasteiger partial charge in [0, 0.05) is 16.1 Å². The van der Waals surface area contributed by atoms with Crippen LogP contribution in [-0.2, 0) is 8.98 Å². The second-order valence-corrected chi connectivity index (χ2v) is 6.27. The maximum Gasteiger partial charge on any atom is 0.321 e. The molecule has 0 atom stereocenters. The van der Waals surface area contributed by atoms with Crippen LogP contribution in [0.4, 0.5) is 0 Å². The molecule has 1 heterocycles. The largest absolute Gasteiger partial charge is 0.386 e. The molecular weight excluding hydrogens is 326 g/mol. The molecule has 0 saturated heterocycles. The summed E-state index contributed by atoms with van der Waals surface area (Å²) in [4.78, 5) is 17.0. The van der Waals surface area contributed by atoms with Crippen LogP contribution in [0.15, 0.2) is 39.8 Å². The summed E-state index contributed by atoms with van der Waals surface area (Å²) >= 11 is 4.56. The van der Waals surface area contributed by atoms with E-state index in [1.165, 1.54) is 0 Å². The average molecular weight is 338 g/mol. The summed E-state index contributed by atoms with van der Waals surface area (Å²) in [6, 6.07) is 7.76. The van der Waals surface area contributed by atoms with Gasteiger partial charge in [-0.3, -0.25) is 9.78 Å². The van der Waals surface area contributed by atoms with Crippen molar-refractivity contribution in [2.75, 3.05) is 0 Å². The van der Waals surface area contributed by atoms with E-state index in [0.29, 0.717) is 0 Å². The van der Waals surface area contributed by atoms with Gasteiger partial charge < -0.3 is 4.18 Å². The Morgan fingerprint density at radius 2 is 2.21 bits per heavy atom. The molecule has 5 heteroatoms. The summed E-state index contributed by atoms with van der Waals surface area (Å²) in [5.41, 5.74) is 0.888. The topological polar surface area (TPSA) is 39.2 Å². The molecule has 19 heavy (non-hydrogen) atoms. The van der Waals surface area contributed by atoms with E-state index >= 15 is 0 Å². The minimum absolute atomic E-state index is 0.0988. The Bertz CT molecular complexity index is 628. The number of nitrogens with zero attached hydrogens (tertiary/aromatic N) is 1. The first-order valence-corrected chi connectivity index (χ1v) is 7.70. The molecule has 3 nitrogen and oxygen atoms in total. The predicted octanol–water partition coefficient (Wildman–Crippen LogP) is 4.35. The molecule has 0 N–H and O–H groups in total. The molecule has 0 aliphatic heterocycles. The smallest absolute Gasteiger partial charge is 0.321 e. The third-order valence-corrected chi connectivity index (χ3v) is 4.59. The SMILES string of the molecule is O=C(OSc1ccnc2cc(Br)ccc12)C1CCC1. The number of rotatable bonds is 3. The first-order valence-electron chi connectivity index (χ1n) is 6.17. The summed E-state index contributed by atoms with van der Waals surface area (Å²) in [5, 5.41) is 0.997. The van der Waals surface area contributed by atoms with Crippen molar-refractivity contribution in [1.82, 2.24) is 4.98 Å². The molecule has 0 unspecified atom stereocenters. The Labute approximate surface area is 124 Å². The highest BCUT2D eigenvalue weighted by molar-refractivity contribution is 9.10. The van der Waals surface area contributed by atoms with Crippen molar-refractivity contribution in [1.29, 1.82) is 0 Å². The second kappa shape index (κ2) is 5.51. The zero-order valence-electron chi connectivity index (χ0n) is 10.1. The molecule has 1 saturated carbocycles. The van der Waals surface area contributed by atoms with E-state index < -0.39 is 0 Å². The maximum absolute atomic E-state index is 11.7. The monoisotopic (exact) mass is 337 g/mol. The van der Waals surface area contributed by atoms with E-state index in [1.54, 1.807) is 6.20 Å². The van der Waals surface area contributed by atoms with Gasteiger partial charge in [0.1, 0.15) is 0 Å². The van der Waals surface area contributed by atoms with Crippen LogP contribution in [0.25, 0.3) is 10.9 Å². The van der Waals surface area contributed by atoms with Crippen molar-refractivity contribution in [3.8, 4) is 0 Å². The van der Waals surface area contributed by atoms with Crippen molar-refractivity contribution in [3.05, 3.63) is 34.9 Å². The van der Waals surface area contributed by atoms with Crippen molar-refractivity contribution in [2.24, 2.45) is 5.92 Å². The van der Waals surface area contributed by atoms with Gasteiger partial charge in [0.2, 0.25) is 0 Å². The third kappa shape index (κ3) is 2.77. The van der Waals surface area contributed by atoms with Crippen molar-refractivity contribution in [2.45, 2.75) is 24.2 Å². The minimum Gasteiger partial charge on any atom is -0.386 e. The van der Waals surface area contributed by atoms with E-state index in [4.69, 9.17) is 4.18 Å². The first-order chi connectivity index (χ1) is 9.24. The van der Waals surface area contributed by atoms with E-state index in [0.717, 1.165) is 51.6 Å². The third-order valence-electron chi connectivity index (χ3n) is 3.32. The minimum atomic E-state index is -0.0988. The van der Waals surface area contributed by atoms with Crippen molar-refractivity contribution >= 4 is 44.8 Å². The fourth-order valence-corrected chi connectivity index (χ4v) is 3.00. The average Bonchev–Trinajstić information content (AvgIpc) is 2.33. The van der Waals surface area contributed by atoms with Crippen LogP contribution in [0.3, 0.4) is 0 Å². The van der Waals surface area contributed by atoms with Crippen molar-refractivity contribution < 1.29 is 8.98 Å². The van der Waals surface area contributed by atoms with Gasteiger partial charge in [0.15, 0.2) is 0 Å². The summed E-state index contributed by atoms with van der Waals surface area (Å²) in [7, 11) is 0. The van der Waals surface area contributed by atoms with Crippen LogP contribution in [0.1, 0.15) is 19.3 Å². The summed E-state index contributed by atoms with van der Waals surface area (Å²) in [6.07, 6.45) is 4.79. The fourth-order valence-electron chi connectivity index (χ4n) is 1.97. The van der Waals surface area contributed by atoms with Gasteiger partial charge in [-0.15, -0.1) is 0 Å². The second-order valence-electron chi connectivity index (χ2n) is 4.58. The molecule has 1 aliphatic rings. The summed E-state index contributed by atoms with van der Waals surface area (Å²) < 4.78 is 6.30. The zero-order chi connectivity index (χ0) is 13.2. The van der Waals surface area contributed by atoms with E-state index in [9.17, 15) is 4.79 Å². The highest BCUT2D eigenvalue weighted by Crippen LogP contribution is 2.33. The molecule has 0 bridgehead atoms. The van der Waals surface area contributed by atoms with Crippen LogP contribution >= 0.6 is 28.0 Å². The van der Waals surface area contributed by atoms with Gasteiger partial charge in [-0.05, 0) is 31.0 Å². The Balaban J connectivity index is 1.78. The lowest BCUT2D eigenvalue weighted by atomic mass is 9.86. The number of carbonyl (C=O) groups excluding carboxylic acids is 1. The van der Waals surface area contributed by atoms with Gasteiger partial charge in [-0.1, -0.05) is 28.4 Å². The Morgan fingerprint density at radius 3 is 2.95 bits per heavy atom. The number of halogens is 1. The quantitative estimate of drug-likeness (QED) is 0.780. The van der Waals surface area contributed by atoms with Gasteiger partial charge in [-0.2, -0.15) is 0 Å². The number of aromatic nitrogens is 1. The molecule has 1 aromatic carbocycles. The number of benzene rings is 1. The Kier molecular flexibility index (Phi) is 3.75. The Hall–Kier alpha value is -1.07. The van der Waals surface area contributed by atoms with E-state index in [2.05, 4.69) is 20.9 Å².